The van der Waals surface area contributed by atoms with Gasteiger partial charge in [-0.1, -0.05) is 18.2 Å². The molecule has 0 spiro atoms. The number of hydrogen-bond acceptors (Lipinski definition) is 4. The van der Waals surface area contributed by atoms with Crippen molar-refractivity contribution in [1.29, 1.82) is 0 Å². The van der Waals surface area contributed by atoms with Crippen molar-refractivity contribution < 1.29 is 14.3 Å². The van der Waals surface area contributed by atoms with E-state index in [2.05, 4.69) is 5.32 Å². The molecule has 1 amide bonds. The van der Waals surface area contributed by atoms with Gasteiger partial charge in [-0.25, -0.2) is 0 Å². The largest absolute Gasteiger partial charge is 0.451 e. The fourth-order valence-electron chi connectivity index (χ4n) is 1.95. The van der Waals surface area contributed by atoms with E-state index in [1.807, 2.05) is 41.1 Å². The Morgan fingerprint density at radius 1 is 1.35 bits per heavy atom. The fraction of sp³-hybridized carbons (Fsp3) is 0.133. The van der Waals surface area contributed by atoms with Gasteiger partial charge in [0.05, 0.1) is 6.10 Å². The van der Waals surface area contributed by atoms with E-state index in [1.54, 1.807) is 6.07 Å². The topological polar surface area (TPSA) is 62.5 Å². The summed E-state index contributed by atoms with van der Waals surface area (Å²) in [7, 11) is 0. The van der Waals surface area contributed by atoms with Crippen LogP contribution in [-0.2, 0) is 0 Å². The number of para-hydroxylation sites is 1. The number of amides is 1. The van der Waals surface area contributed by atoms with E-state index in [-0.39, 0.29) is 18.2 Å². The van der Waals surface area contributed by atoms with Crippen LogP contribution in [0.5, 0.6) is 0 Å². The monoisotopic (exact) mass is 287 g/mol. The van der Waals surface area contributed by atoms with Crippen LogP contribution in [0.4, 0.5) is 0 Å². The van der Waals surface area contributed by atoms with Crippen LogP contribution in [0.1, 0.15) is 22.2 Å². The number of thiophene rings is 1. The number of benzene rings is 1. The van der Waals surface area contributed by atoms with E-state index in [0.717, 1.165) is 10.9 Å². The van der Waals surface area contributed by atoms with Gasteiger partial charge in [-0.05, 0) is 34.5 Å². The maximum atomic E-state index is 12.0. The number of aliphatic hydroxyl groups is 1. The summed E-state index contributed by atoms with van der Waals surface area (Å²) < 4.78 is 5.46. The number of carbonyl (C=O) groups is 1. The quantitative estimate of drug-likeness (QED) is 0.775. The highest BCUT2D eigenvalue weighted by atomic mass is 32.1. The maximum Gasteiger partial charge on any atom is 0.287 e. The Morgan fingerprint density at radius 3 is 2.95 bits per heavy atom. The molecular formula is C15H13NO3S. The van der Waals surface area contributed by atoms with Crippen LogP contribution in [0.2, 0.25) is 0 Å². The molecule has 3 aromatic rings. The molecule has 0 aliphatic carbocycles. The van der Waals surface area contributed by atoms with Gasteiger partial charge in [-0.15, -0.1) is 0 Å². The SMILES string of the molecule is O=C(NC[C@@H](O)c1ccsc1)c1cc2ccccc2o1. The Kier molecular flexibility index (Phi) is 3.54. The molecule has 0 saturated carbocycles. The summed E-state index contributed by atoms with van der Waals surface area (Å²) in [6.45, 7) is 0.159. The molecule has 1 atom stereocenters. The van der Waals surface area contributed by atoms with Crippen molar-refractivity contribution in [2.24, 2.45) is 0 Å². The number of rotatable bonds is 4. The maximum absolute atomic E-state index is 12.0. The van der Waals surface area contributed by atoms with Crippen LogP contribution >= 0.6 is 11.3 Å². The Bertz CT molecular complexity index is 685. The summed E-state index contributed by atoms with van der Waals surface area (Å²) in [5.74, 6) is -0.0702. The van der Waals surface area contributed by atoms with Crippen LogP contribution in [0, 0.1) is 0 Å². The Hall–Kier alpha value is -2.11. The zero-order valence-corrected chi connectivity index (χ0v) is 11.4. The molecule has 0 saturated heterocycles. The zero-order valence-electron chi connectivity index (χ0n) is 10.6. The molecule has 102 valence electrons. The lowest BCUT2D eigenvalue weighted by Gasteiger charge is -2.09. The van der Waals surface area contributed by atoms with Crippen LogP contribution in [0.15, 0.2) is 51.6 Å². The van der Waals surface area contributed by atoms with Crippen molar-refractivity contribution in [2.75, 3.05) is 6.54 Å². The number of carbonyl (C=O) groups excluding carboxylic acids is 1. The molecule has 2 N–H and O–H groups in total. The van der Waals surface area contributed by atoms with Crippen LogP contribution in [0.25, 0.3) is 11.0 Å². The molecule has 0 fully saturated rings. The molecule has 4 nitrogen and oxygen atoms in total. The van der Waals surface area contributed by atoms with Crippen molar-refractivity contribution in [3.8, 4) is 0 Å². The Balaban J connectivity index is 1.67. The Labute approximate surface area is 119 Å². The van der Waals surface area contributed by atoms with Gasteiger partial charge in [0.25, 0.3) is 5.91 Å². The summed E-state index contributed by atoms with van der Waals surface area (Å²) in [5.41, 5.74) is 1.48. The van der Waals surface area contributed by atoms with E-state index in [0.29, 0.717) is 5.58 Å². The highest BCUT2D eigenvalue weighted by molar-refractivity contribution is 7.07. The second-order valence-corrected chi connectivity index (χ2v) is 5.21. The second-order valence-electron chi connectivity index (χ2n) is 4.43. The third kappa shape index (κ3) is 2.59. The lowest BCUT2D eigenvalue weighted by molar-refractivity contribution is 0.0891. The summed E-state index contributed by atoms with van der Waals surface area (Å²) in [6.07, 6.45) is -0.699. The molecule has 1 aromatic carbocycles. The number of furan rings is 1. The summed E-state index contributed by atoms with van der Waals surface area (Å²) >= 11 is 1.51. The molecule has 0 aliphatic heterocycles. The zero-order chi connectivity index (χ0) is 13.9. The summed E-state index contributed by atoms with van der Waals surface area (Å²) in [5, 5.41) is 17.2. The van der Waals surface area contributed by atoms with Crippen LogP contribution in [-0.4, -0.2) is 17.6 Å². The van der Waals surface area contributed by atoms with Crippen molar-refractivity contribution in [1.82, 2.24) is 5.32 Å². The van der Waals surface area contributed by atoms with E-state index in [9.17, 15) is 9.90 Å². The molecule has 0 bridgehead atoms. The minimum atomic E-state index is -0.699. The van der Waals surface area contributed by atoms with Gasteiger partial charge >= 0.3 is 0 Å². The van der Waals surface area contributed by atoms with Crippen molar-refractivity contribution in [2.45, 2.75) is 6.10 Å². The van der Waals surface area contributed by atoms with E-state index >= 15 is 0 Å². The first kappa shape index (κ1) is 12.9. The van der Waals surface area contributed by atoms with Crippen molar-refractivity contribution in [3.05, 3.63) is 58.5 Å². The van der Waals surface area contributed by atoms with Gasteiger partial charge in [-0.2, -0.15) is 11.3 Å². The van der Waals surface area contributed by atoms with Gasteiger partial charge in [0.1, 0.15) is 5.58 Å². The normalized spacial score (nSPS) is 12.4. The number of fused-ring (bicyclic) bond motifs is 1. The highest BCUT2D eigenvalue weighted by Gasteiger charge is 2.14. The average molecular weight is 287 g/mol. The molecule has 3 rings (SSSR count). The smallest absolute Gasteiger partial charge is 0.287 e. The first-order chi connectivity index (χ1) is 9.74. The number of nitrogens with one attached hydrogen (secondary N) is 1. The first-order valence-electron chi connectivity index (χ1n) is 6.21. The average Bonchev–Trinajstić information content (AvgIpc) is 3.12. The van der Waals surface area contributed by atoms with E-state index in [4.69, 9.17) is 4.42 Å². The van der Waals surface area contributed by atoms with Gasteiger partial charge < -0.3 is 14.8 Å². The highest BCUT2D eigenvalue weighted by Crippen LogP contribution is 2.19. The predicted molar refractivity (Wildman–Crippen MR) is 77.8 cm³/mol. The van der Waals surface area contributed by atoms with Gasteiger partial charge in [-0.3, -0.25) is 4.79 Å². The summed E-state index contributed by atoms with van der Waals surface area (Å²) in [4.78, 5) is 12.0. The van der Waals surface area contributed by atoms with E-state index < -0.39 is 6.10 Å². The molecule has 20 heavy (non-hydrogen) atoms. The summed E-state index contributed by atoms with van der Waals surface area (Å²) in [6, 6.07) is 11.0. The predicted octanol–water partition coefficient (Wildman–Crippen LogP) is 2.96. The fourth-order valence-corrected chi connectivity index (χ4v) is 2.66. The number of aliphatic hydroxyl groups excluding tert-OH is 1. The molecule has 2 aromatic heterocycles. The molecule has 0 radical (unpaired) electrons. The molecule has 2 heterocycles. The number of hydrogen-bond donors (Lipinski definition) is 2. The van der Waals surface area contributed by atoms with Crippen LogP contribution in [0.3, 0.4) is 0 Å². The van der Waals surface area contributed by atoms with Crippen molar-refractivity contribution in [3.63, 3.8) is 0 Å². The molecule has 5 heteroatoms. The lowest BCUT2D eigenvalue weighted by atomic mass is 10.2. The Morgan fingerprint density at radius 2 is 2.20 bits per heavy atom. The van der Waals surface area contributed by atoms with Gasteiger partial charge in [0.2, 0.25) is 0 Å². The molecule has 0 unspecified atom stereocenters. The van der Waals surface area contributed by atoms with E-state index in [1.165, 1.54) is 11.3 Å². The molecular weight excluding hydrogens is 274 g/mol. The minimum Gasteiger partial charge on any atom is -0.451 e. The van der Waals surface area contributed by atoms with Gasteiger partial charge in [0, 0.05) is 11.9 Å². The third-order valence-corrected chi connectivity index (χ3v) is 3.73. The van der Waals surface area contributed by atoms with Crippen LogP contribution < -0.4 is 5.32 Å². The molecule has 0 aliphatic rings. The minimum absolute atomic E-state index is 0.159. The lowest BCUT2D eigenvalue weighted by Crippen LogP contribution is -2.27. The second kappa shape index (κ2) is 5.48. The third-order valence-electron chi connectivity index (χ3n) is 3.03. The van der Waals surface area contributed by atoms with Gasteiger partial charge in [0.15, 0.2) is 5.76 Å². The van der Waals surface area contributed by atoms with Crippen molar-refractivity contribution >= 4 is 28.2 Å². The first-order valence-corrected chi connectivity index (χ1v) is 7.15. The standard InChI is InChI=1S/C15H13NO3S/c17-12(11-5-6-20-9-11)8-16-15(18)14-7-10-3-1-2-4-13(10)19-14/h1-7,9,12,17H,8H2,(H,16,18)/t12-/m1/s1.